The number of sulfonamides is 1. The van der Waals surface area contributed by atoms with Crippen LogP contribution in [0.1, 0.15) is 22.8 Å². The second-order valence-corrected chi connectivity index (χ2v) is 7.74. The summed E-state index contributed by atoms with van der Waals surface area (Å²) >= 11 is 0. The maximum Gasteiger partial charge on any atom is 0.232 e. The fourth-order valence-corrected chi connectivity index (χ4v) is 3.04. The molecule has 0 aliphatic heterocycles. The van der Waals surface area contributed by atoms with Gasteiger partial charge in [-0.1, -0.05) is 0 Å². The van der Waals surface area contributed by atoms with E-state index < -0.39 is 10.0 Å². The molecule has 7 nitrogen and oxygen atoms in total. The van der Waals surface area contributed by atoms with Crippen LogP contribution in [0.4, 0.5) is 5.69 Å². The van der Waals surface area contributed by atoms with Gasteiger partial charge in [0.15, 0.2) is 17.3 Å². The van der Waals surface area contributed by atoms with Crippen molar-refractivity contribution in [2.24, 2.45) is 0 Å². The number of hydrogen-bond donors (Lipinski definition) is 1. The summed E-state index contributed by atoms with van der Waals surface area (Å²) in [5.41, 5.74) is 1.49. The molecule has 0 aliphatic rings. The first-order valence-corrected chi connectivity index (χ1v) is 10.1. The summed E-state index contributed by atoms with van der Waals surface area (Å²) in [5.74, 6) is 1.31. The summed E-state index contributed by atoms with van der Waals surface area (Å²) in [5, 5.41) is 0. The summed E-state index contributed by atoms with van der Waals surface area (Å²) in [7, 11) is 1.22. The SMILES string of the molecule is CCS(=O)(=O)Nc1ccc(C(=O)/C=C/c2cc(OC)c(OC)cc2OC)cc1. The van der Waals surface area contributed by atoms with E-state index in [1.165, 1.54) is 27.4 Å². The third-order valence-corrected chi connectivity index (χ3v) is 5.28. The Labute approximate surface area is 165 Å². The molecule has 0 aliphatic carbocycles. The highest BCUT2D eigenvalue weighted by atomic mass is 32.2. The lowest BCUT2D eigenvalue weighted by molar-refractivity contribution is 0.104. The lowest BCUT2D eigenvalue weighted by atomic mass is 10.1. The maximum atomic E-state index is 12.4. The van der Waals surface area contributed by atoms with E-state index in [0.29, 0.717) is 34.1 Å². The van der Waals surface area contributed by atoms with Crippen LogP contribution in [0.3, 0.4) is 0 Å². The fourth-order valence-electron chi connectivity index (χ4n) is 2.40. The molecule has 0 saturated carbocycles. The Hall–Kier alpha value is -3.00. The number of ketones is 1. The minimum absolute atomic E-state index is 0.0242. The second kappa shape index (κ2) is 9.27. The van der Waals surface area contributed by atoms with E-state index in [4.69, 9.17) is 14.2 Å². The van der Waals surface area contributed by atoms with Crippen LogP contribution in [0.2, 0.25) is 0 Å². The van der Waals surface area contributed by atoms with E-state index >= 15 is 0 Å². The molecule has 8 heteroatoms. The Kier molecular flexibility index (Phi) is 7.06. The first kappa shape index (κ1) is 21.3. The van der Waals surface area contributed by atoms with Crippen LogP contribution in [-0.2, 0) is 10.0 Å². The number of carbonyl (C=O) groups is 1. The molecule has 0 amide bonds. The van der Waals surface area contributed by atoms with Gasteiger partial charge in [-0.2, -0.15) is 0 Å². The van der Waals surface area contributed by atoms with Crippen LogP contribution >= 0.6 is 0 Å². The van der Waals surface area contributed by atoms with Gasteiger partial charge in [0.2, 0.25) is 10.0 Å². The molecular weight excluding hydrogens is 382 g/mol. The monoisotopic (exact) mass is 405 g/mol. The molecule has 0 atom stereocenters. The second-order valence-electron chi connectivity index (χ2n) is 5.73. The van der Waals surface area contributed by atoms with Crippen molar-refractivity contribution in [3.05, 3.63) is 53.6 Å². The number of hydrogen-bond acceptors (Lipinski definition) is 6. The van der Waals surface area contributed by atoms with Gasteiger partial charge in [-0.3, -0.25) is 9.52 Å². The minimum atomic E-state index is -3.36. The highest BCUT2D eigenvalue weighted by molar-refractivity contribution is 7.92. The van der Waals surface area contributed by atoms with Crippen molar-refractivity contribution in [3.63, 3.8) is 0 Å². The number of methoxy groups -OCH3 is 3. The van der Waals surface area contributed by atoms with Gasteiger partial charge in [0, 0.05) is 22.9 Å². The Morgan fingerprint density at radius 2 is 1.54 bits per heavy atom. The molecule has 2 aromatic rings. The first-order chi connectivity index (χ1) is 13.3. The summed E-state index contributed by atoms with van der Waals surface area (Å²) in [6.07, 6.45) is 3.03. The third kappa shape index (κ3) is 5.26. The summed E-state index contributed by atoms with van der Waals surface area (Å²) in [4.78, 5) is 12.4. The number of nitrogens with one attached hydrogen (secondary N) is 1. The van der Waals surface area contributed by atoms with Gasteiger partial charge >= 0.3 is 0 Å². The summed E-state index contributed by atoms with van der Waals surface area (Å²) in [6, 6.07) is 9.61. The van der Waals surface area contributed by atoms with Gasteiger partial charge in [0.05, 0.1) is 27.1 Å². The van der Waals surface area contributed by atoms with Gasteiger partial charge in [-0.25, -0.2) is 8.42 Å². The molecule has 0 fully saturated rings. The summed E-state index contributed by atoms with van der Waals surface area (Å²) in [6.45, 7) is 1.55. The Morgan fingerprint density at radius 3 is 2.07 bits per heavy atom. The van der Waals surface area contributed by atoms with Crippen molar-refractivity contribution in [1.29, 1.82) is 0 Å². The topological polar surface area (TPSA) is 90.9 Å². The molecular formula is C20H23NO6S. The van der Waals surface area contributed by atoms with E-state index in [1.807, 2.05) is 0 Å². The Balaban J connectivity index is 2.21. The van der Waals surface area contributed by atoms with Gasteiger partial charge in [-0.15, -0.1) is 0 Å². The number of benzene rings is 2. The van der Waals surface area contributed by atoms with Crippen LogP contribution in [-0.4, -0.2) is 41.3 Å². The Morgan fingerprint density at radius 1 is 0.964 bits per heavy atom. The van der Waals surface area contributed by atoms with Gasteiger partial charge in [0.25, 0.3) is 0 Å². The van der Waals surface area contributed by atoms with E-state index in [9.17, 15) is 13.2 Å². The predicted molar refractivity (Wildman–Crippen MR) is 109 cm³/mol. The largest absolute Gasteiger partial charge is 0.496 e. The van der Waals surface area contributed by atoms with Crippen molar-refractivity contribution in [2.75, 3.05) is 31.8 Å². The normalized spacial score (nSPS) is 11.3. The van der Waals surface area contributed by atoms with Gasteiger partial charge in [-0.05, 0) is 49.4 Å². The van der Waals surface area contributed by atoms with Crippen LogP contribution in [0.15, 0.2) is 42.5 Å². The molecule has 0 aromatic heterocycles. The maximum absolute atomic E-state index is 12.4. The van der Waals surface area contributed by atoms with E-state index in [2.05, 4.69) is 4.72 Å². The molecule has 2 rings (SSSR count). The van der Waals surface area contributed by atoms with Crippen LogP contribution < -0.4 is 18.9 Å². The fraction of sp³-hybridized carbons (Fsp3) is 0.250. The molecule has 0 unspecified atom stereocenters. The highest BCUT2D eigenvalue weighted by Crippen LogP contribution is 2.35. The molecule has 0 spiro atoms. The molecule has 0 bridgehead atoms. The molecule has 0 radical (unpaired) electrons. The van der Waals surface area contributed by atoms with Crippen LogP contribution in [0.5, 0.6) is 17.2 Å². The van der Waals surface area contributed by atoms with Crippen LogP contribution in [0.25, 0.3) is 6.08 Å². The average molecular weight is 405 g/mol. The smallest absolute Gasteiger partial charge is 0.232 e. The number of anilines is 1. The van der Waals surface area contributed by atoms with Crippen molar-refractivity contribution < 1.29 is 27.4 Å². The van der Waals surface area contributed by atoms with E-state index in [-0.39, 0.29) is 11.5 Å². The number of allylic oxidation sites excluding steroid dienone is 1. The quantitative estimate of drug-likeness (QED) is 0.508. The zero-order chi connectivity index (χ0) is 20.7. The molecule has 0 heterocycles. The van der Waals surface area contributed by atoms with Crippen molar-refractivity contribution in [2.45, 2.75) is 6.92 Å². The first-order valence-electron chi connectivity index (χ1n) is 8.46. The van der Waals surface area contributed by atoms with Gasteiger partial charge in [0.1, 0.15) is 5.75 Å². The predicted octanol–water partition coefficient (Wildman–Crippen LogP) is 3.37. The van der Waals surface area contributed by atoms with Crippen molar-refractivity contribution in [3.8, 4) is 17.2 Å². The molecule has 0 saturated heterocycles. The van der Waals surface area contributed by atoms with Crippen molar-refractivity contribution in [1.82, 2.24) is 0 Å². The Bertz CT molecular complexity index is 965. The summed E-state index contributed by atoms with van der Waals surface area (Å²) < 4.78 is 41.4. The number of ether oxygens (including phenoxy) is 3. The number of rotatable bonds is 9. The molecule has 1 N–H and O–H groups in total. The van der Waals surface area contributed by atoms with Crippen molar-refractivity contribution >= 4 is 27.6 Å². The third-order valence-electron chi connectivity index (χ3n) is 3.97. The lowest BCUT2D eigenvalue weighted by Gasteiger charge is -2.12. The van der Waals surface area contributed by atoms with Gasteiger partial charge < -0.3 is 14.2 Å². The molecule has 28 heavy (non-hydrogen) atoms. The molecule has 150 valence electrons. The molecule has 2 aromatic carbocycles. The standard InChI is InChI=1S/C20H23NO6S/c1-5-28(23,24)21-16-9-6-14(7-10-16)17(22)11-8-15-12-19(26-3)20(27-4)13-18(15)25-2/h6-13,21H,5H2,1-4H3/b11-8+. The average Bonchev–Trinajstić information content (AvgIpc) is 2.71. The lowest BCUT2D eigenvalue weighted by Crippen LogP contribution is -2.14. The highest BCUT2D eigenvalue weighted by Gasteiger charge is 2.11. The zero-order valence-electron chi connectivity index (χ0n) is 16.2. The minimum Gasteiger partial charge on any atom is -0.496 e. The number of carbonyl (C=O) groups excluding carboxylic acids is 1. The van der Waals surface area contributed by atoms with E-state index in [0.717, 1.165) is 0 Å². The van der Waals surface area contributed by atoms with Crippen LogP contribution in [0, 0.1) is 0 Å². The zero-order valence-corrected chi connectivity index (χ0v) is 17.0. The van der Waals surface area contributed by atoms with E-state index in [1.54, 1.807) is 49.4 Å².